The molecule has 1 heterocycles. The molecule has 0 saturated carbocycles. The second kappa shape index (κ2) is 10.1. The fourth-order valence-corrected chi connectivity index (χ4v) is 3.59. The molecule has 4 atom stereocenters. The largest absolute Gasteiger partial charge is 0.480 e. The maximum Gasteiger partial charge on any atom is 0.416 e. The van der Waals surface area contributed by atoms with E-state index < -0.39 is 47.6 Å². The van der Waals surface area contributed by atoms with Crippen molar-refractivity contribution in [1.29, 1.82) is 0 Å². The summed E-state index contributed by atoms with van der Waals surface area (Å²) in [6, 6.07) is 1.43. The van der Waals surface area contributed by atoms with E-state index in [1.807, 2.05) is 6.92 Å². The first-order chi connectivity index (χ1) is 14.5. The summed E-state index contributed by atoms with van der Waals surface area (Å²) in [7, 11) is 0. The number of amides is 2. The van der Waals surface area contributed by atoms with Crippen LogP contribution in [0.5, 0.6) is 0 Å². The molecular formula is C21H28F3N3O4. The minimum absolute atomic E-state index is 0.00709. The summed E-state index contributed by atoms with van der Waals surface area (Å²) in [4.78, 5) is 38.4. The Morgan fingerprint density at radius 3 is 2.39 bits per heavy atom. The quantitative estimate of drug-likeness (QED) is 0.570. The van der Waals surface area contributed by atoms with Crippen LogP contribution < -0.4 is 11.1 Å². The van der Waals surface area contributed by atoms with Gasteiger partial charge >= 0.3 is 12.1 Å². The van der Waals surface area contributed by atoms with E-state index in [2.05, 4.69) is 5.32 Å². The van der Waals surface area contributed by atoms with Crippen LogP contribution >= 0.6 is 0 Å². The molecule has 10 heteroatoms. The van der Waals surface area contributed by atoms with Crippen molar-refractivity contribution in [2.24, 2.45) is 11.7 Å². The van der Waals surface area contributed by atoms with Crippen molar-refractivity contribution < 1.29 is 32.7 Å². The molecule has 0 aliphatic carbocycles. The summed E-state index contributed by atoms with van der Waals surface area (Å²) in [5.41, 5.74) is 5.59. The van der Waals surface area contributed by atoms with E-state index in [1.54, 1.807) is 6.92 Å². The van der Waals surface area contributed by atoms with Crippen molar-refractivity contribution in [1.82, 2.24) is 10.2 Å². The first-order valence-corrected chi connectivity index (χ1v) is 10.2. The van der Waals surface area contributed by atoms with E-state index in [0.717, 1.165) is 12.1 Å². The molecule has 1 aromatic carbocycles. The Morgan fingerprint density at radius 2 is 1.87 bits per heavy atom. The summed E-state index contributed by atoms with van der Waals surface area (Å²) in [6.45, 7) is 3.92. The first kappa shape index (κ1) is 24.6. The molecule has 1 aliphatic rings. The first-order valence-electron chi connectivity index (χ1n) is 10.2. The van der Waals surface area contributed by atoms with Gasteiger partial charge in [0.05, 0.1) is 11.6 Å². The lowest BCUT2D eigenvalue weighted by Crippen LogP contribution is -2.57. The van der Waals surface area contributed by atoms with Crippen molar-refractivity contribution in [3.05, 3.63) is 35.4 Å². The average Bonchev–Trinajstić information content (AvgIpc) is 3.20. The second-order valence-corrected chi connectivity index (χ2v) is 7.90. The normalized spacial score (nSPS) is 19.5. The van der Waals surface area contributed by atoms with E-state index in [1.165, 1.54) is 17.0 Å². The van der Waals surface area contributed by atoms with Gasteiger partial charge in [-0.2, -0.15) is 13.2 Å². The van der Waals surface area contributed by atoms with Crippen molar-refractivity contribution in [2.45, 2.75) is 63.8 Å². The number of alkyl halides is 3. The third kappa shape index (κ3) is 6.19. The van der Waals surface area contributed by atoms with Crippen LogP contribution in [0.4, 0.5) is 13.2 Å². The molecule has 0 spiro atoms. The van der Waals surface area contributed by atoms with Crippen LogP contribution in [0.1, 0.15) is 44.2 Å². The summed E-state index contributed by atoms with van der Waals surface area (Å²) >= 11 is 0. The Hall–Kier alpha value is -2.62. The number of benzene rings is 1. The number of nitrogens with two attached hydrogens (primary N) is 1. The minimum atomic E-state index is -4.45. The van der Waals surface area contributed by atoms with Gasteiger partial charge in [-0.25, -0.2) is 4.79 Å². The van der Waals surface area contributed by atoms with Crippen LogP contribution in [0, 0.1) is 5.92 Å². The highest BCUT2D eigenvalue weighted by atomic mass is 19.4. The van der Waals surface area contributed by atoms with Gasteiger partial charge in [0.15, 0.2) is 0 Å². The molecule has 2 rings (SSSR count). The SMILES string of the molecule is CC[C@@H](C)[C@H](NC(=O)[C@H](N)Cc1ccc(C(F)(F)F)cc1)C(=O)N1CCCC1C(=O)O. The van der Waals surface area contributed by atoms with Crippen LogP contribution in [0.15, 0.2) is 24.3 Å². The van der Waals surface area contributed by atoms with Crippen LogP contribution in [-0.2, 0) is 27.0 Å². The van der Waals surface area contributed by atoms with E-state index in [4.69, 9.17) is 5.73 Å². The Balaban J connectivity index is 2.07. The van der Waals surface area contributed by atoms with Crippen LogP contribution in [-0.4, -0.2) is 52.5 Å². The number of hydrogen-bond acceptors (Lipinski definition) is 4. The predicted octanol–water partition coefficient (Wildman–Crippen LogP) is 2.18. The van der Waals surface area contributed by atoms with Crippen molar-refractivity contribution in [3.8, 4) is 0 Å². The average molecular weight is 443 g/mol. The monoisotopic (exact) mass is 443 g/mol. The summed E-state index contributed by atoms with van der Waals surface area (Å²) < 4.78 is 38.0. The number of carboxylic acid groups (broad SMARTS) is 1. The van der Waals surface area contributed by atoms with Gasteiger partial charge in [0, 0.05) is 6.54 Å². The Bertz CT molecular complexity index is 798. The number of aliphatic carboxylic acids is 1. The van der Waals surface area contributed by atoms with Crippen LogP contribution in [0.3, 0.4) is 0 Å². The topological polar surface area (TPSA) is 113 Å². The summed E-state index contributed by atoms with van der Waals surface area (Å²) in [5.74, 6) is -2.43. The van der Waals surface area contributed by atoms with Crippen LogP contribution in [0.2, 0.25) is 0 Å². The van der Waals surface area contributed by atoms with Gasteiger partial charge in [0.25, 0.3) is 0 Å². The lowest BCUT2D eigenvalue weighted by Gasteiger charge is -2.31. The van der Waals surface area contributed by atoms with Gasteiger partial charge in [-0.15, -0.1) is 0 Å². The van der Waals surface area contributed by atoms with E-state index in [-0.39, 0.29) is 12.3 Å². The van der Waals surface area contributed by atoms with Crippen molar-refractivity contribution >= 4 is 17.8 Å². The molecule has 1 saturated heterocycles. The number of likely N-dealkylation sites (tertiary alicyclic amines) is 1. The number of nitrogens with one attached hydrogen (secondary N) is 1. The maximum atomic E-state index is 13.0. The van der Waals surface area contributed by atoms with Crippen LogP contribution in [0.25, 0.3) is 0 Å². The number of carbonyl (C=O) groups excluding carboxylic acids is 2. The number of hydrogen-bond donors (Lipinski definition) is 3. The zero-order valence-electron chi connectivity index (χ0n) is 17.5. The minimum Gasteiger partial charge on any atom is -0.480 e. The predicted molar refractivity (Wildman–Crippen MR) is 107 cm³/mol. The van der Waals surface area contributed by atoms with E-state index >= 15 is 0 Å². The van der Waals surface area contributed by atoms with Gasteiger partial charge < -0.3 is 21.1 Å². The summed E-state index contributed by atoms with van der Waals surface area (Å²) in [5, 5.41) is 12.0. The molecule has 4 N–H and O–H groups in total. The summed E-state index contributed by atoms with van der Waals surface area (Å²) in [6.07, 6.45) is -2.97. The molecule has 172 valence electrons. The smallest absolute Gasteiger partial charge is 0.416 e. The standard InChI is InChI=1S/C21H28F3N3O4/c1-3-12(2)17(19(29)27-10-4-5-16(27)20(30)31)26-18(28)15(25)11-13-6-8-14(9-7-13)21(22,23)24/h6-9,12,15-17H,3-5,10-11,25H2,1-2H3,(H,26,28)(H,30,31)/t12-,15-,16?,17+/m1/s1. The maximum absolute atomic E-state index is 13.0. The number of carboxylic acids is 1. The van der Waals surface area contributed by atoms with Gasteiger partial charge in [0.2, 0.25) is 11.8 Å². The molecule has 31 heavy (non-hydrogen) atoms. The second-order valence-electron chi connectivity index (χ2n) is 7.90. The Labute approximate surface area is 178 Å². The molecule has 0 aromatic heterocycles. The Morgan fingerprint density at radius 1 is 1.26 bits per heavy atom. The van der Waals surface area contributed by atoms with Gasteiger partial charge in [0.1, 0.15) is 12.1 Å². The highest BCUT2D eigenvalue weighted by Crippen LogP contribution is 2.29. The number of rotatable bonds is 8. The molecule has 2 amide bonds. The molecule has 1 fully saturated rings. The number of halogens is 3. The molecule has 0 radical (unpaired) electrons. The lowest BCUT2D eigenvalue weighted by atomic mass is 9.96. The fourth-order valence-electron chi connectivity index (χ4n) is 3.59. The zero-order chi connectivity index (χ0) is 23.3. The third-order valence-electron chi connectivity index (χ3n) is 5.67. The van der Waals surface area contributed by atoms with Gasteiger partial charge in [-0.3, -0.25) is 9.59 Å². The zero-order valence-corrected chi connectivity index (χ0v) is 17.5. The van der Waals surface area contributed by atoms with Gasteiger partial charge in [-0.1, -0.05) is 32.4 Å². The molecule has 1 unspecified atom stereocenters. The third-order valence-corrected chi connectivity index (χ3v) is 5.67. The number of nitrogens with zero attached hydrogens (tertiary/aromatic N) is 1. The molecular weight excluding hydrogens is 415 g/mol. The van der Waals surface area contributed by atoms with Crippen molar-refractivity contribution in [2.75, 3.05) is 6.54 Å². The lowest BCUT2D eigenvalue weighted by molar-refractivity contribution is -0.150. The molecule has 7 nitrogen and oxygen atoms in total. The fraction of sp³-hybridized carbons (Fsp3) is 0.571. The van der Waals surface area contributed by atoms with Crippen molar-refractivity contribution in [3.63, 3.8) is 0 Å². The van der Waals surface area contributed by atoms with E-state index in [0.29, 0.717) is 31.4 Å². The highest BCUT2D eigenvalue weighted by molar-refractivity contribution is 5.92. The Kier molecular flexibility index (Phi) is 8.05. The molecule has 0 bridgehead atoms. The molecule has 1 aliphatic heterocycles. The van der Waals surface area contributed by atoms with Gasteiger partial charge in [-0.05, 0) is 42.9 Å². The highest BCUT2D eigenvalue weighted by Gasteiger charge is 2.39. The van der Waals surface area contributed by atoms with E-state index in [9.17, 15) is 32.7 Å². The molecule has 1 aromatic rings. The number of carbonyl (C=O) groups is 3.